The van der Waals surface area contributed by atoms with Crippen LogP contribution < -0.4 is 5.73 Å². The summed E-state index contributed by atoms with van der Waals surface area (Å²) in [6.07, 6.45) is 0. The van der Waals surface area contributed by atoms with E-state index in [0.29, 0.717) is 0 Å². The Morgan fingerprint density at radius 3 is 2.71 bits per heavy atom. The molecule has 0 saturated carbocycles. The van der Waals surface area contributed by atoms with Crippen molar-refractivity contribution < 1.29 is 9.31 Å². The molecule has 0 aliphatic carbocycles. The second-order valence-corrected chi connectivity index (χ2v) is 2.53. The Labute approximate surface area is 79.2 Å². The van der Waals surface area contributed by atoms with E-state index in [1.165, 1.54) is 19.2 Å². The number of nitro groups is 1. The fourth-order valence-corrected chi connectivity index (χ4v) is 0.946. The van der Waals surface area contributed by atoms with Gasteiger partial charge >= 0.3 is 0 Å². The van der Waals surface area contributed by atoms with Gasteiger partial charge in [-0.2, -0.15) is 0 Å². The molecule has 0 spiro atoms. The number of hydrogen-bond donors (Lipinski definition) is 1. The fourth-order valence-electron chi connectivity index (χ4n) is 0.946. The molecule has 0 heterocycles. The van der Waals surface area contributed by atoms with E-state index in [1.807, 2.05) is 0 Å². The molecule has 0 atom stereocenters. The van der Waals surface area contributed by atoms with Crippen LogP contribution in [0.25, 0.3) is 0 Å². The minimum atomic E-state index is -0.748. The minimum Gasteiger partial charge on any atom is -0.383 e. The molecule has 5 nitrogen and oxygen atoms in total. The first-order valence-corrected chi connectivity index (χ1v) is 3.73. The maximum Gasteiger partial charge on any atom is 0.272 e. The van der Waals surface area contributed by atoms with Crippen LogP contribution in [0.5, 0.6) is 0 Å². The Morgan fingerprint density at radius 2 is 2.29 bits per heavy atom. The zero-order valence-corrected chi connectivity index (χ0v) is 7.40. The number of aliphatic imine (C=N–C) groups is 1. The molecule has 0 aliphatic heterocycles. The molecule has 0 aromatic heterocycles. The monoisotopic (exact) mass is 197 g/mol. The summed E-state index contributed by atoms with van der Waals surface area (Å²) in [5.74, 6) is -0.736. The van der Waals surface area contributed by atoms with E-state index in [0.717, 1.165) is 6.07 Å². The number of hydrogen-bond acceptors (Lipinski definition) is 3. The quantitative estimate of drug-likeness (QED) is 0.333. The maximum atomic E-state index is 13.2. The number of halogens is 1. The van der Waals surface area contributed by atoms with Gasteiger partial charge in [0.2, 0.25) is 0 Å². The van der Waals surface area contributed by atoms with E-state index in [9.17, 15) is 14.5 Å². The van der Waals surface area contributed by atoms with Gasteiger partial charge in [-0.1, -0.05) is 0 Å². The van der Waals surface area contributed by atoms with E-state index in [1.54, 1.807) is 0 Å². The van der Waals surface area contributed by atoms with Crippen LogP contribution in [0.15, 0.2) is 23.2 Å². The summed E-state index contributed by atoms with van der Waals surface area (Å²) in [7, 11) is 1.41. The third kappa shape index (κ3) is 1.85. The standard InChI is InChI=1S/C8H8FN3O2/c1-11-8(10)6-3-2-5(12(13)14)4-7(6)9/h2-4H,1H3,(H2,10,11). The Balaban J connectivity index is 3.20. The first kappa shape index (κ1) is 10.1. The molecule has 14 heavy (non-hydrogen) atoms. The van der Waals surface area contributed by atoms with Crippen LogP contribution in [-0.2, 0) is 0 Å². The van der Waals surface area contributed by atoms with E-state index >= 15 is 0 Å². The van der Waals surface area contributed by atoms with Crippen molar-refractivity contribution in [2.75, 3.05) is 7.05 Å². The van der Waals surface area contributed by atoms with Crippen molar-refractivity contribution in [3.63, 3.8) is 0 Å². The van der Waals surface area contributed by atoms with Crippen LogP contribution in [0.1, 0.15) is 5.56 Å². The third-order valence-electron chi connectivity index (χ3n) is 1.68. The summed E-state index contributed by atoms with van der Waals surface area (Å²) in [5.41, 5.74) is 5.12. The predicted octanol–water partition coefficient (Wildman–Crippen LogP) is 1.07. The number of benzene rings is 1. The number of nitrogens with two attached hydrogens (primary N) is 1. The third-order valence-corrected chi connectivity index (χ3v) is 1.68. The lowest BCUT2D eigenvalue weighted by Gasteiger charge is -2.00. The van der Waals surface area contributed by atoms with E-state index in [2.05, 4.69) is 4.99 Å². The first-order chi connectivity index (χ1) is 6.56. The van der Waals surface area contributed by atoms with Crippen molar-refractivity contribution in [2.24, 2.45) is 10.7 Å². The summed E-state index contributed by atoms with van der Waals surface area (Å²) in [5, 5.41) is 10.3. The summed E-state index contributed by atoms with van der Waals surface area (Å²) < 4.78 is 13.2. The van der Waals surface area contributed by atoms with Crippen molar-refractivity contribution in [2.45, 2.75) is 0 Å². The van der Waals surface area contributed by atoms with Crippen molar-refractivity contribution >= 4 is 11.5 Å². The lowest BCUT2D eigenvalue weighted by Crippen LogP contribution is -2.14. The predicted molar refractivity (Wildman–Crippen MR) is 49.7 cm³/mol. The summed E-state index contributed by atoms with van der Waals surface area (Å²) >= 11 is 0. The van der Waals surface area contributed by atoms with Gasteiger partial charge < -0.3 is 5.73 Å². The number of nitro benzene ring substituents is 1. The lowest BCUT2D eigenvalue weighted by molar-refractivity contribution is -0.385. The van der Waals surface area contributed by atoms with Crippen LogP contribution >= 0.6 is 0 Å². The zero-order valence-electron chi connectivity index (χ0n) is 7.40. The summed E-state index contributed by atoms with van der Waals surface area (Å²) in [6, 6.07) is 3.22. The van der Waals surface area contributed by atoms with Gasteiger partial charge in [0.1, 0.15) is 11.7 Å². The molecular formula is C8H8FN3O2. The number of nitrogens with zero attached hydrogens (tertiary/aromatic N) is 2. The molecule has 74 valence electrons. The normalized spacial score (nSPS) is 11.4. The molecule has 0 unspecified atom stereocenters. The second-order valence-electron chi connectivity index (χ2n) is 2.53. The highest BCUT2D eigenvalue weighted by Crippen LogP contribution is 2.16. The molecule has 0 radical (unpaired) electrons. The minimum absolute atomic E-state index is 0.0115. The van der Waals surface area contributed by atoms with Gasteiger partial charge in [0.05, 0.1) is 16.6 Å². The van der Waals surface area contributed by atoms with Crippen LogP contribution in [-0.4, -0.2) is 17.8 Å². The Kier molecular flexibility index (Phi) is 2.76. The molecule has 0 amide bonds. The first-order valence-electron chi connectivity index (χ1n) is 3.73. The zero-order chi connectivity index (χ0) is 10.7. The molecule has 1 aromatic rings. The number of non-ortho nitro benzene ring substituents is 1. The van der Waals surface area contributed by atoms with E-state index < -0.39 is 10.7 Å². The highest BCUT2D eigenvalue weighted by Gasteiger charge is 2.12. The molecule has 2 N–H and O–H groups in total. The van der Waals surface area contributed by atoms with Crippen LogP contribution in [0.3, 0.4) is 0 Å². The van der Waals surface area contributed by atoms with Gasteiger partial charge in [0.25, 0.3) is 5.69 Å². The van der Waals surface area contributed by atoms with Gasteiger partial charge in [-0.15, -0.1) is 0 Å². The second kappa shape index (κ2) is 3.82. The molecule has 0 aliphatic rings. The van der Waals surface area contributed by atoms with E-state index in [4.69, 9.17) is 5.73 Å². The average molecular weight is 197 g/mol. The molecule has 0 saturated heterocycles. The largest absolute Gasteiger partial charge is 0.383 e. The van der Waals surface area contributed by atoms with E-state index in [-0.39, 0.29) is 17.1 Å². The van der Waals surface area contributed by atoms with Gasteiger partial charge in [-0.3, -0.25) is 15.1 Å². The van der Waals surface area contributed by atoms with Gasteiger partial charge in [-0.05, 0) is 6.07 Å². The number of amidine groups is 1. The van der Waals surface area contributed by atoms with Crippen molar-refractivity contribution in [3.8, 4) is 0 Å². The molecule has 0 fully saturated rings. The summed E-state index contributed by atoms with van der Waals surface area (Å²) in [4.78, 5) is 13.2. The topological polar surface area (TPSA) is 81.5 Å². The number of rotatable bonds is 2. The maximum absolute atomic E-state index is 13.2. The van der Waals surface area contributed by atoms with Crippen LogP contribution in [0.2, 0.25) is 0 Å². The van der Waals surface area contributed by atoms with Gasteiger partial charge in [0.15, 0.2) is 0 Å². The van der Waals surface area contributed by atoms with Crippen molar-refractivity contribution in [1.82, 2.24) is 0 Å². The van der Waals surface area contributed by atoms with Crippen LogP contribution in [0, 0.1) is 15.9 Å². The Bertz CT molecular complexity index is 404. The smallest absolute Gasteiger partial charge is 0.272 e. The molecule has 1 rings (SSSR count). The molecule has 1 aromatic carbocycles. The molecule has 6 heteroatoms. The van der Waals surface area contributed by atoms with Crippen molar-refractivity contribution in [1.29, 1.82) is 0 Å². The SMILES string of the molecule is CN=C(N)c1ccc([N+](=O)[O-])cc1F. The van der Waals surface area contributed by atoms with Crippen LogP contribution in [0.4, 0.5) is 10.1 Å². The average Bonchev–Trinajstić information content (AvgIpc) is 2.16. The Morgan fingerprint density at radius 1 is 1.64 bits per heavy atom. The highest BCUT2D eigenvalue weighted by molar-refractivity contribution is 5.97. The Hall–Kier alpha value is -1.98. The lowest BCUT2D eigenvalue weighted by atomic mass is 10.2. The fraction of sp³-hybridized carbons (Fsp3) is 0.125. The van der Waals surface area contributed by atoms with Gasteiger partial charge in [-0.25, -0.2) is 4.39 Å². The van der Waals surface area contributed by atoms with Gasteiger partial charge in [0, 0.05) is 13.1 Å². The molecule has 0 bridgehead atoms. The summed E-state index contributed by atoms with van der Waals surface area (Å²) in [6.45, 7) is 0. The molecular weight excluding hydrogens is 189 g/mol. The van der Waals surface area contributed by atoms with Crippen molar-refractivity contribution in [3.05, 3.63) is 39.7 Å². The highest BCUT2D eigenvalue weighted by atomic mass is 19.1.